The summed E-state index contributed by atoms with van der Waals surface area (Å²) in [5.41, 5.74) is 0. The molecule has 0 bridgehead atoms. The van der Waals surface area contributed by atoms with Crippen molar-refractivity contribution < 1.29 is 4.79 Å². The average Bonchev–Trinajstić information content (AvgIpc) is 2.80. The highest BCUT2D eigenvalue weighted by Crippen LogP contribution is 2.15. The Hall–Kier alpha value is 0.0700. The second kappa shape index (κ2) is 9.06. The van der Waals surface area contributed by atoms with Crippen LogP contribution in [0.4, 0.5) is 0 Å². The summed E-state index contributed by atoms with van der Waals surface area (Å²) >= 11 is 1.95. The van der Waals surface area contributed by atoms with E-state index in [-0.39, 0.29) is 18.3 Å². The quantitative estimate of drug-likeness (QED) is 0.756. The molecule has 102 valence electrons. The number of carbonyl (C=O) groups is 1. The molecule has 1 N–H and O–H groups in total. The van der Waals surface area contributed by atoms with E-state index in [1.54, 1.807) is 0 Å². The van der Waals surface area contributed by atoms with Gasteiger partial charge in [-0.15, -0.1) is 12.4 Å². The molecule has 1 rings (SSSR count). The van der Waals surface area contributed by atoms with E-state index in [1.165, 1.54) is 0 Å². The number of thioether (sulfide) groups is 1. The van der Waals surface area contributed by atoms with Crippen molar-refractivity contribution in [1.82, 2.24) is 10.2 Å². The van der Waals surface area contributed by atoms with Crippen LogP contribution in [-0.4, -0.2) is 48.5 Å². The summed E-state index contributed by atoms with van der Waals surface area (Å²) in [6, 6.07) is 0.368. The zero-order chi connectivity index (χ0) is 12.0. The number of nitrogens with zero attached hydrogens (tertiary/aromatic N) is 1. The van der Waals surface area contributed by atoms with Gasteiger partial charge in [0.2, 0.25) is 5.91 Å². The Kier molecular flexibility index (Phi) is 9.10. The molecule has 0 aromatic carbocycles. The van der Waals surface area contributed by atoms with E-state index in [2.05, 4.69) is 19.2 Å². The first-order valence-electron chi connectivity index (χ1n) is 6.22. The monoisotopic (exact) mass is 280 g/mol. The number of rotatable bonds is 6. The molecule has 2 unspecified atom stereocenters. The third-order valence-corrected chi connectivity index (χ3v) is 4.24. The van der Waals surface area contributed by atoms with Crippen molar-refractivity contribution in [2.24, 2.45) is 5.92 Å². The smallest absolute Gasteiger partial charge is 0.226 e. The third-order valence-electron chi connectivity index (χ3n) is 3.30. The highest BCUT2D eigenvalue weighted by molar-refractivity contribution is 7.99. The van der Waals surface area contributed by atoms with Crippen LogP contribution < -0.4 is 5.32 Å². The summed E-state index contributed by atoms with van der Waals surface area (Å²) in [6.45, 7) is 6.18. The van der Waals surface area contributed by atoms with Crippen LogP contribution >= 0.6 is 24.2 Å². The molecule has 0 spiro atoms. The topological polar surface area (TPSA) is 32.3 Å². The second-order valence-electron chi connectivity index (χ2n) is 4.47. The molecule has 2 atom stereocenters. The van der Waals surface area contributed by atoms with Gasteiger partial charge in [-0.3, -0.25) is 4.79 Å². The molecule has 0 aromatic rings. The highest BCUT2D eigenvalue weighted by Gasteiger charge is 2.27. The van der Waals surface area contributed by atoms with E-state index in [0.29, 0.717) is 11.9 Å². The van der Waals surface area contributed by atoms with E-state index in [4.69, 9.17) is 0 Å². The van der Waals surface area contributed by atoms with Crippen molar-refractivity contribution in [2.75, 3.05) is 31.6 Å². The Morgan fingerprint density at radius 2 is 2.29 bits per heavy atom. The summed E-state index contributed by atoms with van der Waals surface area (Å²) < 4.78 is 0. The molecule has 1 heterocycles. The normalized spacial score (nSPS) is 20.8. The lowest BCUT2D eigenvalue weighted by Crippen LogP contribution is -2.40. The van der Waals surface area contributed by atoms with Crippen molar-refractivity contribution >= 4 is 30.1 Å². The van der Waals surface area contributed by atoms with E-state index < -0.39 is 0 Å². The number of carbonyl (C=O) groups excluding carboxylic acids is 1. The maximum atomic E-state index is 12.1. The molecule has 1 amide bonds. The van der Waals surface area contributed by atoms with E-state index in [0.717, 1.165) is 37.4 Å². The van der Waals surface area contributed by atoms with Crippen molar-refractivity contribution in [3.63, 3.8) is 0 Å². The SMILES string of the molecule is CCSCCC(C)N(C)C(=O)C1CCNC1.Cl. The molecule has 1 aliphatic rings. The van der Waals surface area contributed by atoms with Crippen LogP contribution in [0.2, 0.25) is 0 Å². The summed E-state index contributed by atoms with van der Waals surface area (Å²) in [7, 11) is 1.95. The summed E-state index contributed by atoms with van der Waals surface area (Å²) in [4.78, 5) is 14.0. The van der Waals surface area contributed by atoms with Crippen molar-refractivity contribution in [3.05, 3.63) is 0 Å². The van der Waals surface area contributed by atoms with Gasteiger partial charge >= 0.3 is 0 Å². The summed E-state index contributed by atoms with van der Waals surface area (Å²) in [5.74, 6) is 2.85. The molecule has 1 aliphatic heterocycles. The van der Waals surface area contributed by atoms with Gasteiger partial charge in [-0.25, -0.2) is 0 Å². The van der Waals surface area contributed by atoms with Gasteiger partial charge in [-0.1, -0.05) is 6.92 Å². The predicted octanol–water partition coefficient (Wildman–Crippen LogP) is 2.01. The number of nitrogens with one attached hydrogen (secondary N) is 1. The maximum absolute atomic E-state index is 12.1. The lowest BCUT2D eigenvalue weighted by Gasteiger charge is -2.27. The molecule has 0 radical (unpaired) electrons. The summed E-state index contributed by atoms with van der Waals surface area (Å²) in [5, 5.41) is 3.25. The molecular weight excluding hydrogens is 256 g/mol. The van der Waals surface area contributed by atoms with Crippen molar-refractivity contribution in [1.29, 1.82) is 0 Å². The minimum Gasteiger partial charge on any atom is -0.343 e. The highest BCUT2D eigenvalue weighted by atomic mass is 35.5. The van der Waals surface area contributed by atoms with Crippen LogP contribution in [0.1, 0.15) is 26.7 Å². The van der Waals surface area contributed by atoms with Crippen molar-refractivity contribution in [2.45, 2.75) is 32.7 Å². The predicted molar refractivity (Wildman–Crippen MR) is 78.1 cm³/mol. The van der Waals surface area contributed by atoms with Crippen molar-refractivity contribution in [3.8, 4) is 0 Å². The minimum atomic E-state index is 0. The molecule has 1 saturated heterocycles. The Bertz CT molecular complexity index is 223. The van der Waals surface area contributed by atoms with Gasteiger partial charge < -0.3 is 10.2 Å². The Labute approximate surface area is 115 Å². The standard InChI is InChI=1S/C12H24N2OS.ClH/c1-4-16-8-6-10(2)14(3)12(15)11-5-7-13-9-11;/h10-11,13H,4-9H2,1-3H3;1H. The lowest BCUT2D eigenvalue weighted by molar-refractivity contribution is -0.135. The number of hydrogen-bond donors (Lipinski definition) is 1. The number of amides is 1. The van der Waals surface area contributed by atoms with Gasteiger partial charge in [0.05, 0.1) is 5.92 Å². The fourth-order valence-corrected chi connectivity index (χ4v) is 2.76. The number of halogens is 1. The van der Waals surface area contributed by atoms with Gasteiger partial charge in [-0.2, -0.15) is 11.8 Å². The Morgan fingerprint density at radius 3 is 2.82 bits per heavy atom. The average molecular weight is 281 g/mol. The molecule has 0 saturated carbocycles. The minimum absolute atomic E-state index is 0. The Morgan fingerprint density at radius 1 is 1.59 bits per heavy atom. The van der Waals surface area contributed by atoms with Gasteiger partial charge in [0.25, 0.3) is 0 Å². The third kappa shape index (κ3) is 5.49. The fraction of sp³-hybridized carbons (Fsp3) is 0.917. The van der Waals surface area contributed by atoms with Crippen LogP contribution in [0.5, 0.6) is 0 Å². The molecule has 17 heavy (non-hydrogen) atoms. The first-order valence-corrected chi connectivity index (χ1v) is 7.37. The van der Waals surface area contributed by atoms with E-state index >= 15 is 0 Å². The number of hydrogen-bond acceptors (Lipinski definition) is 3. The van der Waals surface area contributed by atoms with Gasteiger partial charge in [0.15, 0.2) is 0 Å². The lowest BCUT2D eigenvalue weighted by atomic mass is 10.1. The zero-order valence-corrected chi connectivity index (χ0v) is 12.7. The Balaban J connectivity index is 0.00000256. The zero-order valence-electron chi connectivity index (χ0n) is 11.1. The molecule has 5 heteroatoms. The molecule has 1 fully saturated rings. The van der Waals surface area contributed by atoms with Crippen LogP contribution in [0.3, 0.4) is 0 Å². The van der Waals surface area contributed by atoms with Crippen LogP contribution in [-0.2, 0) is 4.79 Å². The first kappa shape index (κ1) is 17.1. The van der Waals surface area contributed by atoms with Gasteiger partial charge in [-0.05, 0) is 37.8 Å². The van der Waals surface area contributed by atoms with Gasteiger partial charge in [0.1, 0.15) is 0 Å². The first-order chi connectivity index (χ1) is 7.66. The molecule has 0 aliphatic carbocycles. The fourth-order valence-electron chi connectivity index (χ4n) is 1.96. The van der Waals surface area contributed by atoms with E-state index in [9.17, 15) is 4.79 Å². The van der Waals surface area contributed by atoms with Crippen LogP contribution in [0, 0.1) is 5.92 Å². The van der Waals surface area contributed by atoms with Crippen LogP contribution in [0.25, 0.3) is 0 Å². The molecule has 0 aromatic heterocycles. The maximum Gasteiger partial charge on any atom is 0.226 e. The van der Waals surface area contributed by atoms with Crippen LogP contribution in [0.15, 0.2) is 0 Å². The largest absolute Gasteiger partial charge is 0.343 e. The van der Waals surface area contributed by atoms with Gasteiger partial charge in [0, 0.05) is 19.6 Å². The van der Waals surface area contributed by atoms with E-state index in [1.807, 2.05) is 23.7 Å². The molecule has 3 nitrogen and oxygen atoms in total. The molecular formula is C12H25ClN2OS. The summed E-state index contributed by atoms with van der Waals surface area (Å²) in [6.07, 6.45) is 2.10. The second-order valence-corrected chi connectivity index (χ2v) is 5.87.